The molecule has 0 aliphatic heterocycles. The Balaban J connectivity index is 2.33. The minimum atomic E-state index is -3.54. The first kappa shape index (κ1) is 14.3. The average Bonchev–Trinajstić information content (AvgIpc) is 2.48. The summed E-state index contributed by atoms with van der Waals surface area (Å²) in [5, 5.41) is 9.67. The molecule has 0 bridgehead atoms. The Morgan fingerprint density at radius 3 is 2.10 bits per heavy atom. The number of aliphatic hydroxyl groups is 1. The van der Waals surface area contributed by atoms with Crippen LogP contribution in [-0.4, -0.2) is 20.1 Å². The van der Waals surface area contributed by atoms with E-state index in [4.69, 9.17) is 6.57 Å². The number of nitrogens with zero attached hydrogens (tertiary/aromatic N) is 1. The molecule has 1 atom stereocenters. The molecular formula is C15H13NO3S. The number of rotatable bonds is 4. The van der Waals surface area contributed by atoms with E-state index < -0.39 is 15.9 Å². The van der Waals surface area contributed by atoms with Crippen LogP contribution in [-0.2, 0) is 9.84 Å². The molecule has 0 saturated carbocycles. The van der Waals surface area contributed by atoms with Crippen molar-refractivity contribution in [2.24, 2.45) is 0 Å². The number of sulfone groups is 1. The number of aliphatic hydroxyl groups excluding tert-OH is 1. The van der Waals surface area contributed by atoms with E-state index in [9.17, 15) is 13.5 Å². The highest BCUT2D eigenvalue weighted by atomic mass is 32.2. The van der Waals surface area contributed by atoms with Crippen LogP contribution in [0.2, 0.25) is 0 Å². The molecule has 2 rings (SSSR count). The Hall–Kier alpha value is -2.16. The molecule has 1 unspecified atom stereocenters. The molecule has 0 radical (unpaired) electrons. The van der Waals surface area contributed by atoms with Gasteiger partial charge in [0.05, 0.1) is 9.79 Å². The lowest BCUT2D eigenvalue weighted by atomic mass is 10.1. The van der Waals surface area contributed by atoms with E-state index in [0.29, 0.717) is 5.56 Å². The summed E-state index contributed by atoms with van der Waals surface area (Å²) in [4.78, 5) is 3.51. The van der Waals surface area contributed by atoms with Gasteiger partial charge < -0.3 is 9.95 Å². The molecule has 0 aromatic heterocycles. The average molecular weight is 287 g/mol. The van der Waals surface area contributed by atoms with Gasteiger partial charge in [0.25, 0.3) is 0 Å². The normalized spacial score (nSPS) is 12.6. The maximum atomic E-state index is 12.3. The fourth-order valence-electron chi connectivity index (χ4n) is 1.80. The Kier molecular flexibility index (Phi) is 4.18. The second-order valence-electron chi connectivity index (χ2n) is 4.24. The van der Waals surface area contributed by atoms with Crippen molar-refractivity contribution >= 4 is 9.84 Å². The lowest BCUT2D eigenvalue weighted by molar-refractivity contribution is 0.195. The zero-order valence-electron chi connectivity index (χ0n) is 10.6. The van der Waals surface area contributed by atoms with Crippen LogP contribution in [0.4, 0.5) is 0 Å². The third-order valence-corrected chi connectivity index (χ3v) is 4.68. The molecule has 0 heterocycles. The predicted octanol–water partition coefficient (Wildman–Crippen LogP) is 2.47. The van der Waals surface area contributed by atoms with Gasteiger partial charge in [-0.1, -0.05) is 30.3 Å². The van der Waals surface area contributed by atoms with Crippen LogP contribution in [0.25, 0.3) is 4.85 Å². The third kappa shape index (κ3) is 2.87. The Labute approximate surface area is 118 Å². The molecule has 0 amide bonds. The van der Waals surface area contributed by atoms with Crippen LogP contribution >= 0.6 is 0 Å². The summed E-state index contributed by atoms with van der Waals surface area (Å²) in [7, 11) is -3.54. The predicted molar refractivity (Wildman–Crippen MR) is 74.8 cm³/mol. The first-order chi connectivity index (χ1) is 9.55. The monoisotopic (exact) mass is 287 g/mol. The van der Waals surface area contributed by atoms with Crippen LogP contribution in [0.3, 0.4) is 0 Å². The van der Waals surface area contributed by atoms with Gasteiger partial charge in [-0.3, -0.25) is 0 Å². The summed E-state index contributed by atoms with van der Waals surface area (Å²) in [6.07, 6.45) is -0.888. The zero-order chi connectivity index (χ0) is 14.6. The van der Waals surface area contributed by atoms with E-state index >= 15 is 0 Å². The van der Waals surface area contributed by atoms with Gasteiger partial charge in [0.15, 0.2) is 6.10 Å². The van der Waals surface area contributed by atoms with Crippen molar-refractivity contribution in [3.8, 4) is 0 Å². The second kappa shape index (κ2) is 5.87. The lowest BCUT2D eigenvalue weighted by Crippen LogP contribution is -2.04. The molecule has 4 nitrogen and oxygen atoms in total. The number of benzene rings is 2. The van der Waals surface area contributed by atoms with Crippen LogP contribution in [0.15, 0.2) is 64.4 Å². The first-order valence-electron chi connectivity index (χ1n) is 5.97. The van der Waals surface area contributed by atoms with Crippen molar-refractivity contribution in [2.75, 3.05) is 6.54 Å². The molecule has 0 saturated heterocycles. The smallest absolute Gasteiger partial charge is 0.244 e. The van der Waals surface area contributed by atoms with Gasteiger partial charge >= 0.3 is 0 Å². The van der Waals surface area contributed by atoms with Gasteiger partial charge in [0.2, 0.25) is 16.4 Å². The largest absolute Gasteiger partial charge is 0.381 e. The number of hydrogen-bond donors (Lipinski definition) is 1. The van der Waals surface area contributed by atoms with Gasteiger partial charge in [-0.15, -0.1) is 0 Å². The third-order valence-electron chi connectivity index (χ3n) is 2.89. The summed E-state index contributed by atoms with van der Waals surface area (Å²) < 4.78 is 24.7. The maximum absolute atomic E-state index is 12.3. The van der Waals surface area contributed by atoms with E-state index in [2.05, 4.69) is 4.85 Å². The topological polar surface area (TPSA) is 58.7 Å². The Morgan fingerprint density at radius 1 is 1.00 bits per heavy atom. The maximum Gasteiger partial charge on any atom is 0.244 e. The summed E-state index contributed by atoms with van der Waals surface area (Å²) in [5.41, 5.74) is 0.535. The lowest BCUT2D eigenvalue weighted by Gasteiger charge is -2.07. The molecule has 20 heavy (non-hydrogen) atoms. The van der Waals surface area contributed by atoms with E-state index in [-0.39, 0.29) is 16.3 Å². The summed E-state index contributed by atoms with van der Waals surface area (Å²) in [6.45, 7) is 6.67. The van der Waals surface area contributed by atoms with Gasteiger partial charge in [-0.25, -0.2) is 15.0 Å². The van der Waals surface area contributed by atoms with Crippen molar-refractivity contribution in [3.63, 3.8) is 0 Å². The van der Waals surface area contributed by atoms with Gasteiger partial charge in [0.1, 0.15) is 0 Å². The highest BCUT2D eigenvalue weighted by Crippen LogP contribution is 2.22. The van der Waals surface area contributed by atoms with Gasteiger partial charge in [-0.05, 0) is 29.8 Å². The molecule has 102 valence electrons. The molecule has 2 aromatic rings. The van der Waals surface area contributed by atoms with Crippen molar-refractivity contribution in [1.29, 1.82) is 0 Å². The molecule has 0 aliphatic rings. The summed E-state index contributed by atoms with van der Waals surface area (Å²) in [5.74, 6) is 0. The molecule has 0 fully saturated rings. The standard InChI is InChI=1S/C15H13NO3S/c1-16-11-15(17)12-7-9-14(10-8-12)20(18,19)13-5-3-2-4-6-13/h2-10,15,17H,11H2. The van der Waals surface area contributed by atoms with Crippen LogP contribution < -0.4 is 0 Å². The Bertz CT molecular complexity index is 716. The van der Waals surface area contributed by atoms with Gasteiger partial charge in [0, 0.05) is 0 Å². The van der Waals surface area contributed by atoms with Crippen LogP contribution in [0, 0.1) is 6.57 Å². The van der Waals surface area contributed by atoms with Crippen molar-refractivity contribution in [3.05, 3.63) is 71.6 Å². The van der Waals surface area contributed by atoms with Crippen molar-refractivity contribution in [1.82, 2.24) is 0 Å². The molecular weight excluding hydrogens is 274 g/mol. The fraction of sp³-hybridized carbons (Fsp3) is 0.133. The first-order valence-corrected chi connectivity index (χ1v) is 7.45. The fourth-order valence-corrected chi connectivity index (χ4v) is 3.08. The van der Waals surface area contributed by atoms with Crippen LogP contribution in [0.1, 0.15) is 11.7 Å². The minimum Gasteiger partial charge on any atom is -0.381 e. The van der Waals surface area contributed by atoms with Crippen molar-refractivity contribution in [2.45, 2.75) is 15.9 Å². The van der Waals surface area contributed by atoms with E-state index in [1.54, 1.807) is 18.2 Å². The molecule has 5 heteroatoms. The van der Waals surface area contributed by atoms with Crippen LogP contribution in [0.5, 0.6) is 0 Å². The summed E-state index contributed by atoms with van der Waals surface area (Å²) in [6, 6.07) is 14.1. The van der Waals surface area contributed by atoms with E-state index in [0.717, 1.165) is 0 Å². The zero-order valence-corrected chi connectivity index (χ0v) is 11.4. The highest BCUT2D eigenvalue weighted by Gasteiger charge is 2.18. The van der Waals surface area contributed by atoms with Crippen molar-refractivity contribution < 1.29 is 13.5 Å². The van der Waals surface area contributed by atoms with E-state index in [1.807, 2.05) is 0 Å². The highest BCUT2D eigenvalue weighted by molar-refractivity contribution is 7.91. The number of hydrogen-bond acceptors (Lipinski definition) is 3. The second-order valence-corrected chi connectivity index (χ2v) is 6.19. The molecule has 0 spiro atoms. The van der Waals surface area contributed by atoms with Gasteiger partial charge in [-0.2, -0.15) is 0 Å². The molecule has 2 aromatic carbocycles. The molecule has 0 aliphatic carbocycles. The quantitative estimate of drug-likeness (QED) is 0.879. The Morgan fingerprint density at radius 2 is 1.55 bits per heavy atom. The molecule has 1 N–H and O–H groups in total. The SMILES string of the molecule is [C-]#[N+]CC(O)c1ccc(S(=O)(=O)c2ccccc2)cc1. The minimum absolute atomic E-state index is 0.0369. The van der Waals surface area contributed by atoms with E-state index in [1.165, 1.54) is 36.4 Å². The summed E-state index contributed by atoms with van der Waals surface area (Å²) >= 11 is 0.